The zero-order chi connectivity index (χ0) is 14.8. The number of aliphatic hydroxyl groups is 1. The van der Waals surface area contributed by atoms with Crippen LogP contribution in [0, 0.1) is 5.92 Å². The number of aromatic nitrogens is 2. The number of likely N-dealkylation sites (tertiary alicyclic amines) is 1. The van der Waals surface area contributed by atoms with Crippen LogP contribution in [0.4, 0.5) is 0 Å². The van der Waals surface area contributed by atoms with Crippen molar-refractivity contribution >= 4 is 17.7 Å². The molecule has 2 aliphatic rings. The van der Waals surface area contributed by atoms with Gasteiger partial charge in [-0.25, -0.2) is 4.98 Å². The molecule has 2 aliphatic heterocycles. The number of carbonyl (C=O) groups is 1. The average Bonchev–Trinajstić information content (AvgIpc) is 2.97. The van der Waals surface area contributed by atoms with E-state index in [-0.39, 0.29) is 23.6 Å². The van der Waals surface area contributed by atoms with E-state index in [9.17, 15) is 9.59 Å². The first kappa shape index (κ1) is 14.6. The van der Waals surface area contributed by atoms with Crippen LogP contribution in [0.5, 0.6) is 0 Å². The molecule has 0 spiro atoms. The number of fused-ring (bicyclic) bond motifs is 1. The van der Waals surface area contributed by atoms with Crippen molar-refractivity contribution in [3.63, 3.8) is 0 Å². The molecule has 21 heavy (non-hydrogen) atoms. The number of carbonyl (C=O) groups excluding carboxylic acids is 1. The van der Waals surface area contributed by atoms with Gasteiger partial charge in [-0.3, -0.25) is 14.2 Å². The van der Waals surface area contributed by atoms with Crippen molar-refractivity contribution in [3.8, 4) is 0 Å². The van der Waals surface area contributed by atoms with Gasteiger partial charge in [0.1, 0.15) is 5.56 Å². The average molecular weight is 309 g/mol. The second-order valence-electron chi connectivity index (χ2n) is 5.53. The Labute approximate surface area is 127 Å². The number of nitrogens with zero attached hydrogens (tertiary/aromatic N) is 3. The van der Waals surface area contributed by atoms with E-state index in [2.05, 4.69) is 4.98 Å². The summed E-state index contributed by atoms with van der Waals surface area (Å²) >= 11 is 1.54. The lowest BCUT2D eigenvalue weighted by atomic mass is 9.95. The Balaban J connectivity index is 1.81. The Bertz CT molecular complexity index is 600. The molecule has 1 unspecified atom stereocenters. The van der Waals surface area contributed by atoms with Crippen LogP contribution in [0.25, 0.3) is 0 Å². The first-order chi connectivity index (χ1) is 10.2. The van der Waals surface area contributed by atoms with Crippen molar-refractivity contribution in [2.24, 2.45) is 5.92 Å². The van der Waals surface area contributed by atoms with Crippen molar-refractivity contribution in [1.29, 1.82) is 0 Å². The van der Waals surface area contributed by atoms with Crippen molar-refractivity contribution in [2.75, 3.05) is 25.4 Å². The van der Waals surface area contributed by atoms with Crippen molar-refractivity contribution in [1.82, 2.24) is 14.5 Å². The summed E-state index contributed by atoms with van der Waals surface area (Å²) in [6, 6.07) is 0. The summed E-state index contributed by atoms with van der Waals surface area (Å²) in [5.74, 6) is 0.943. The van der Waals surface area contributed by atoms with E-state index in [0.717, 1.165) is 18.6 Å². The van der Waals surface area contributed by atoms with Gasteiger partial charge < -0.3 is 10.0 Å². The predicted molar refractivity (Wildman–Crippen MR) is 79.6 cm³/mol. The van der Waals surface area contributed by atoms with Gasteiger partial charge in [-0.2, -0.15) is 0 Å². The predicted octanol–water partition coefficient (Wildman–Crippen LogP) is 0.584. The highest BCUT2D eigenvalue weighted by Gasteiger charge is 2.27. The lowest BCUT2D eigenvalue weighted by Crippen LogP contribution is -2.43. The molecule has 3 heterocycles. The molecule has 7 heteroatoms. The van der Waals surface area contributed by atoms with Gasteiger partial charge in [0.15, 0.2) is 5.16 Å². The highest BCUT2D eigenvalue weighted by Crippen LogP contribution is 2.22. The van der Waals surface area contributed by atoms with Crippen molar-refractivity contribution in [3.05, 3.63) is 22.1 Å². The Morgan fingerprint density at radius 3 is 3.14 bits per heavy atom. The SMILES string of the molecule is O=C(c1cnc2n(c1=O)CCS2)N1CCCC(CCO)C1. The Hall–Kier alpha value is -1.34. The molecule has 0 saturated carbocycles. The maximum atomic E-state index is 12.6. The topological polar surface area (TPSA) is 75.4 Å². The minimum Gasteiger partial charge on any atom is -0.396 e. The number of hydrogen-bond acceptors (Lipinski definition) is 5. The van der Waals surface area contributed by atoms with Gasteiger partial charge in [0, 0.05) is 38.2 Å². The van der Waals surface area contributed by atoms with Crippen LogP contribution in [0.15, 0.2) is 16.1 Å². The van der Waals surface area contributed by atoms with Crippen LogP contribution in [-0.4, -0.2) is 50.9 Å². The standard InChI is InChI=1S/C14H19N3O3S/c18-6-3-10-2-1-4-16(9-10)12(19)11-8-15-14-17(13(11)20)5-7-21-14/h8,10,18H,1-7,9H2. The number of hydrogen-bond donors (Lipinski definition) is 1. The first-order valence-corrected chi connectivity index (χ1v) is 8.32. The molecule has 114 valence electrons. The van der Waals surface area contributed by atoms with E-state index in [4.69, 9.17) is 5.11 Å². The van der Waals surface area contributed by atoms with Crippen LogP contribution in [0.1, 0.15) is 29.6 Å². The zero-order valence-corrected chi connectivity index (χ0v) is 12.6. The van der Waals surface area contributed by atoms with E-state index in [1.807, 2.05) is 0 Å². The van der Waals surface area contributed by atoms with Gasteiger partial charge in [0.05, 0.1) is 0 Å². The molecule has 0 aromatic carbocycles. The lowest BCUT2D eigenvalue weighted by Gasteiger charge is -2.32. The molecule has 1 aromatic rings. The normalized spacial score (nSPS) is 21.4. The number of piperidine rings is 1. The molecular formula is C14H19N3O3S. The van der Waals surface area contributed by atoms with Gasteiger partial charge in [0.2, 0.25) is 0 Å². The van der Waals surface area contributed by atoms with Crippen LogP contribution in [0.2, 0.25) is 0 Å². The van der Waals surface area contributed by atoms with Gasteiger partial charge in [-0.1, -0.05) is 11.8 Å². The van der Waals surface area contributed by atoms with E-state index in [1.165, 1.54) is 6.20 Å². The van der Waals surface area contributed by atoms with E-state index in [0.29, 0.717) is 37.1 Å². The maximum Gasteiger partial charge on any atom is 0.267 e. The highest BCUT2D eigenvalue weighted by molar-refractivity contribution is 7.99. The quantitative estimate of drug-likeness (QED) is 0.827. The summed E-state index contributed by atoms with van der Waals surface area (Å²) < 4.78 is 1.59. The molecule has 1 saturated heterocycles. The molecule has 1 aromatic heterocycles. The van der Waals surface area contributed by atoms with Crippen LogP contribution < -0.4 is 5.56 Å². The molecule has 3 rings (SSSR count). The van der Waals surface area contributed by atoms with Gasteiger partial charge in [0.25, 0.3) is 11.5 Å². The Kier molecular flexibility index (Phi) is 4.30. The molecule has 1 fully saturated rings. The molecule has 6 nitrogen and oxygen atoms in total. The molecular weight excluding hydrogens is 290 g/mol. The zero-order valence-electron chi connectivity index (χ0n) is 11.8. The fourth-order valence-corrected chi connectivity index (χ4v) is 3.92. The number of rotatable bonds is 3. The summed E-state index contributed by atoms with van der Waals surface area (Å²) in [5, 5.41) is 9.74. The first-order valence-electron chi connectivity index (χ1n) is 7.33. The van der Waals surface area contributed by atoms with Crippen molar-refractivity contribution in [2.45, 2.75) is 31.0 Å². The van der Waals surface area contributed by atoms with Gasteiger partial charge in [-0.15, -0.1) is 0 Å². The minimum absolute atomic E-state index is 0.146. The molecule has 1 N–H and O–H groups in total. The molecule has 1 atom stereocenters. The largest absolute Gasteiger partial charge is 0.396 e. The summed E-state index contributed by atoms with van der Waals surface area (Å²) in [5.41, 5.74) is -0.0508. The molecule has 0 aliphatic carbocycles. The van der Waals surface area contributed by atoms with Crippen molar-refractivity contribution < 1.29 is 9.90 Å². The van der Waals surface area contributed by atoms with Crippen LogP contribution >= 0.6 is 11.8 Å². The highest BCUT2D eigenvalue weighted by atomic mass is 32.2. The summed E-state index contributed by atoms with van der Waals surface area (Å²) in [4.78, 5) is 30.9. The minimum atomic E-state index is -0.223. The second kappa shape index (κ2) is 6.19. The van der Waals surface area contributed by atoms with Gasteiger partial charge in [-0.05, 0) is 25.2 Å². The smallest absolute Gasteiger partial charge is 0.267 e. The fourth-order valence-electron chi connectivity index (χ4n) is 3.00. The van der Waals surface area contributed by atoms with E-state index >= 15 is 0 Å². The monoisotopic (exact) mass is 309 g/mol. The second-order valence-corrected chi connectivity index (χ2v) is 6.59. The summed E-state index contributed by atoms with van der Waals surface area (Å²) in [6.45, 7) is 2.07. The maximum absolute atomic E-state index is 12.6. The lowest BCUT2D eigenvalue weighted by molar-refractivity contribution is 0.0650. The van der Waals surface area contributed by atoms with E-state index in [1.54, 1.807) is 21.2 Å². The van der Waals surface area contributed by atoms with Crippen LogP contribution in [-0.2, 0) is 6.54 Å². The number of aliphatic hydroxyl groups excluding tert-OH is 1. The van der Waals surface area contributed by atoms with Gasteiger partial charge >= 0.3 is 0 Å². The third-order valence-corrected chi connectivity index (χ3v) is 5.10. The summed E-state index contributed by atoms with van der Waals surface area (Å²) in [7, 11) is 0. The Morgan fingerprint density at radius 1 is 1.48 bits per heavy atom. The number of thioether (sulfide) groups is 1. The summed E-state index contributed by atoms with van der Waals surface area (Å²) in [6.07, 6.45) is 4.08. The van der Waals surface area contributed by atoms with E-state index < -0.39 is 0 Å². The molecule has 0 bridgehead atoms. The van der Waals surface area contributed by atoms with Crippen LogP contribution in [0.3, 0.4) is 0 Å². The molecule has 1 amide bonds. The third kappa shape index (κ3) is 2.85. The number of amides is 1. The molecule has 0 radical (unpaired) electrons. The third-order valence-electron chi connectivity index (χ3n) is 4.13. The Morgan fingerprint density at radius 2 is 2.33 bits per heavy atom. The fraction of sp³-hybridized carbons (Fsp3) is 0.643.